The molecule has 2 heterocycles. The number of hydrogen-bond acceptors (Lipinski definition) is 5. The van der Waals surface area contributed by atoms with Crippen LogP contribution in [-0.4, -0.2) is 37.1 Å². The van der Waals surface area contributed by atoms with Gasteiger partial charge in [-0.15, -0.1) is 11.3 Å². The number of nitrogen functional groups attached to an aromatic ring is 1. The lowest BCUT2D eigenvalue weighted by molar-refractivity contribution is -0.147. The van der Waals surface area contributed by atoms with E-state index in [1.165, 1.54) is 12.0 Å². The van der Waals surface area contributed by atoms with Gasteiger partial charge >= 0.3 is 5.97 Å². The number of carbonyl (C=O) groups is 1. The second-order valence-electron chi connectivity index (χ2n) is 5.19. The van der Waals surface area contributed by atoms with E-state index in [1.54, 1.807) is 11.3 Å². The van der Waals surface area contributed by atoms with Crippen LogP contribution in [0.1, 0.15) is 24.6 Å². The van der Waals surface area contributed by atoms with Gasteiger partial charge in [0.15, 0.2) is 0 Å². The number of methoxy groups -OCH3 is 1. The third-order valence-electron chi connectivity index (χ3n) is 3.87. The molecule has 0 radical (unpaired) electrons. The van der Waals surface area contributed by atoms with Gasteiger partial charge in [-0.05, 0) is 51.4 Å². The summed E-state index contributed by atoms with van der Waals surface area (Å²) in [7, 11) is 1.47. The van der Waals surface area contributed by atoms with Crippen LogP contribution in [0.2, 0.25) is 0 Å². The van der Waals surface area contributed by atoms with Gasteiger partial charge in [-0.25, -0.2) is 0 Å². The fraction of sp³-hybridized carbons (Fsp3) is 0.643. The average molecular weight is 282 g/mol. The molecular formula is C14H22N2O2S. The van der Waals surface area contributed by atoms with E-state index < -0.39 is 0 Å². The molecule has 106 valence electrons. The number of hydrogen-bond donors (Lipinski definition) is 1. The van der Waals surface area contributed by atoms with Gasteiger partial charge in [-0.3, -0.25) is 4.79 Å². The highest BCUT2D eigenvalue weighted by Gasteiger charge is 2.27. The minimum atomic E-state index is -0.0571. The first kappa shape index (κ1) is 14.3. The normalized spacial score (nSPS) is 19.3. The zero-order valence-corrected chi connectivity index (χ0v) is 12.4. The van der Waals surface area contributed by atoms with Gasteiger partial charge in [0.05, 0.1) is 18.0 Å². The minimum Gasteiger partial charge on any atom is -0.469 e. The number of nitrogens with zero attached hydrogens (tertiary/aromatic N) is 1. The standard InChI is InChI=1S/C14H22N2O2S/c1-10(9-12-3-4-13(15)19-12)16-7-5-11(6-8-16)14(17)18-2/h3-4,10-11H,5-9,15H2,1-2H3. The summed E-state index contributed by atoms with van der Waals surface area (Å²) in [5, 5.41) is 0.881. The van der Waals surface area contributed by atoms with Crippen LogP contribution in [0.4, 0.5) is 5.00 Å². The Morgan fingerprint density at radius 2 is 2.21 bits per heavy atom. The van der Waals surface area contributed by atoms with Crippen LogP contribution in [0, 0.1) is 5.92 Å². The number of rotatable bonds is 4. The van der Waals surface area contributed by atoms with Crippen molar-refractivity contribution in [3.8, 4) is 0 Å². The molecule has 1 unspecified atom stereocenters. The van der Waals surface area contributed by atoms with Gasteiger partial charge in [0, 0.05) is 10.9 Å². The summed E-state index contributed by atoms with van der Waals surface area (Å²) >= 11 is 1.67. The van der Waals surface area contributed by atoms with E-state index in [1.807, 2.05) is 6.07 Å². The largest absolute Gasteiger partial charge is 0.469 e. The maximum absolute atomic E-state index is 11.5. The van der Waals surface area contributed by atoms with Gasteiger partial charge in [0.1, 0.15) is 0 Å². The molecule has 1 aliphatic heterocycles. The van der Waals surface area contributed by atoms with Crippen LogP contribution >= 0.6 is 11.3 Å². The first-order valence-electron chi connectivity index (χ1n) is 6.76. The minimum absolute atomic E-state index is 0.0571. The number of ether oxygens (including phenoxy) is 1. The molecule has 0 aliphatic carbocycles. The van der Waals surface area contributed by atoms with E-state index in [0.29, 0.717) is 6.04 Å². The smallest absolute Gasteiger partial charge is 0.308 e. The number of piperidine rings is 1. The fourth-order valence-electron chi connectivity index (χ4n) is 2.67. The predicted molar refractivity (Wildman–Crippen MR) is 78.2 cm³/mol. The lowest BCUT2D eigenvalue weighted by Crippen LogP contribution is -2.42. The van der Waals surface area contributed by atoms with E-state index in [9.17, 15) is 4.79 Å². The summed E-state index contributed by atoms with van der Waals surface area (Å²) in [6, 6.07) is 4.57. The second kappa shape index (κ2) is 6.39. The van der Waals surface area contributed by atoms with Crippen LogP contribution in [0.25, 0.3) is 0 Å². The molecule has 1 aromatic rings. The van der Waals surface area contributed by atoms with E-state index >= 15 is 0 Å². The third kappa shape index (κ3) is 3.70. The molecule has 0 spiro atoms. The Balaban J connectivity index is 1.82. The molecule has 0 amide bonds. The average Bonchev–Trinajstić information content (AvgIpc) is 2.83. The van der Waals surface area contributed by atoms with Gasteiger partial charge < -0.3 is 15.4 Å². The summed E-state index contributed by atoms with van der Waals surface area (Å²) in [6.45, 7) is 4.19. The first-order chi connectivity index (χ1) is 9.10. The molecule has 0 saturated carbocycles. The number of carbonyl (C=O) groups excluding carboxylic acids is 1. The molecule has 4 nitrogen and oxygen atoms in total. The molecule has 1 saturated heterocycles. The molecule has 1 fully saturated rings. The van der Waals surface area contributed by atoms with Crippen molar-refractivity contribution in [1.82, 2.24) is 4.90 Å². The molecule has 19 heavy (non-hydrogen) atoms. The number of nitrogens with two attached hydrogens (primary N) is 1. The molecule has 0 aromatic carbocycles. The molecular weight excluding hydrogens is 260 g/mol. The molecule has 1 aromatic heterocycles. The highest BCUT2D eigenvalue weighted by molar-refractivity contribution is 7.15. The highest BCUT2D eigenvalue weighted by atomic mass is 32.1. The number of esters is 1. The Bertz CT molecular complexity index is 425. The summed E-state index contributed by atoms with van der Waals surface area (Å²) < 4.78 is 4.81. The van der Waals surface area contributed by atoms with Crippen molar-refractivity contribution in [3.05, 3.63) is 17.0 Å². The van der Waals surface area contributed by atoms with Gasteiger partial charge in [0.2, 0.25) is 0 Å². The maximum Gasteiger partial charge on any atom is 0.308 e. The molecule has 1 aliphatic rings. The number of likely N-dealkylation sites (tertiary alicyclic amines) is 1. The van der Waals surface area contributed by atoms with Gasteiger partial charge in [-0.1, -0.05) is 0 Å². The lowest BCUT2D eigenvalue weighted by Gasteiger charge is -2.35. The van der Waals surface area contributed by atoms with Crippen molar-refractivity contribution in [2.45, 2.75) is 32.2 Å². The maximum atomic E-state index is 11.5. The topological polar surface area (TPSA) is 55.6 Å². The van der Waals surface area contributed by atoms with E-state index in [4.69, 9.17) is 10.5 Å². The summed E-state index contributed by atoms with van der Waals surface area (Å²) in [5.41, 5.74) is 5.75. The van der Waals surface area contributed by atoms with Crippen molar-refractivity contribution in [2.24, 2.45) is 5.92 Å². The molecule has 0 bridgehead atoms. The van der Waals surface area contributed by atoms with Crippen molar-refractivity contribution in [3.63, 3.8) is 0 Å². The monoisotopic (exact) mass is 282 g/mol. The Hall–Kier alpha value is -1.07. The van der Waals surface area contributed by atoms with Crippen LogP contribution in [0.15, 0.2) is 12.1 Å². The highest BCUT2D eigenvalue weighted by Crippen LogP contribution is 2.24. The molecule has 1 atom stereocenters. The van der Waals surface area contributed by atoms with Gasteiger partial charge in [-0.2, -0.15) is 0 Å². The fourth-order valence-corrected chi connectivity index (χ4v) is 3.57. The van der Waals surface area contributed by atoms with Crippen LogP contribution < -0.4 is 5.73 Å². The first-order valence-corrected chi connectivity index (χ1v) is 7.58. The van der Waals surface area contributed by atoms with Crippen LogP contribution in [0.3, 0.4) is 0 Å². The van der Waals surface area contributed by atoms with E-state index in [0.717, 1.165) is 37.4 Å². The molecule has 2 rings (SSSR count). The van der Waals surface area contributed by atoms with Crippen LogP contribution in [-0.2, 0) is 16.0 Å². The summed E-state index contributed by atoms with van der Waals surface area (Å²) in [6.07, 6.45) is 2.85. The SMILES string of the molecule is COC(=O)C1CCN(C(C)Cc2ccc(N)s2)CC1. The zero-order valence-electron chi connectivity index (χ0n) is 11.6. The predicted octanol–water partition coefficient (Wildman–Crippen LogP) is 2.15. The van der Waals surface area contributed by atoms with Crippen LogP contribution in [0.5, 0.6) is 0 Å². The Morgan fingerprint density at radius 1 is 1.53 bits per heavy atom. The Labute approximate surface area is 118 Å². The van der Waals surface area contributed by atoms with E-state index in [2.05, 4.69) is 17.9 Å². The van der Waals surface area contributed by atoms with Crippen molar-refractivity contribution < 1.29 is 9.53 Å². The summed E-state index contributed by atoms with van der Waals surface area (Å²) in [5.74, 6) is 0.0316. The number of anilines is 1. The van der Waals surface area contributed by atoms with Gasteiger partial charge in [0.25, 0.3) is 0 Å². The summed E-state index contributed by atoms with van der Waals surface area (Å²) in [4.78, 5) is 15.3. The Kier molecular flexibility index (Phi) is 4.82. The third-order valence-corrected chi connectivity index (χ3v) is 4.80. The lowest BCUT2D eigenvalue weighted by atomic mass is 9.95. The molecule has 2 N–H and O–H groups in total. The van der Waals surface area contributed by atoms with Crippen molar-refractivity contribution in [1.29, 1.82) is 0 Å². The quantitative estimate of drug-likeness (QED) is 0.860. The molecule has 5 heteroatoms. The Morgan fingerprint density at radius 3 is 2.74 bits per heavy atom. The van der Waals surface area contributed by atoms with Crippen molar-refractivity contribution in [2.75, 3.05) is 25.9 Å². The zero-order chi connectivity index (χ0) is 13.8. The van der Waals surface area contributed by atoms with Crippen molar-refractivity contribution >= 4 is 22.3 Å². The van der Waals surface area contributed by atoms with E-state index in [-0.39, 0.29) is 11.9 Å². The second-order valence-corrected chi connectivity index (χ2v) is 6.39. The number of thiophene rings is 1.